The highest BCUT2D eigenvalue weighted by Gasteiger charge is 2.16. The van der Waals surface area contributed by atoms with Crippen molar-refractivity contribution in [2.24, 2.45) is 5.92 Å². The number of rotatable bonds is 6. The van der Waals surface area contributed by atoms with E-state index in [9.17, 15) is 4.39 Å². The summed E-state index contributed by atoms with van der Waals surface area (Å²) >= 11 is 0. The van der Waals surface area contributed by atoms with E-state index in [0.717, 1.165) is 30.2 Å². The van der Waals surface area contributed by atoms with Gasteiger partial charge >= 0.3 is 0 Å². The molecule has 0 aliphatic carbocycles. The average molecular weight is 273 g/mol. The highest BCUT2D eigenvalue weighted by atomic mass is 19.1. The summed E-state index contributed by atoms with van der Waals surface area (Å²) in [6.45, 7) is 7.62. The van der Waals surface area contributed by atoms with E-state index in [1.54, 1.807) is 6.07 Å². The van der Waals surface area contributed by atoms with Gasteiger partial charge in [-0.1, -0.05) is 51.1 Å². The molecule has 20 heavy (non-hydrogen) atoms. The molecule has 2 rings (SSSR count). The molecule has 0 spiro atoms. The van der Waals surface area contributed by atoms with Crippen molar-refractivity contribution < 1.29 is 4.39 Å². The van der Waals surface area contributed by atoms with Gasteiger partial charge in [0.05, 0.1) is 0 Å². The fourth-order valence-corrected chi connectivity index (χ4v) is 2.70. The van der Waals surface area contributed by atoms with E-state index in [2.05, 4.69) is 26.1 Å². The Morgan fingerprint density at radius 3 is 2.40 bits per heavy atom. The molecule has 0 saturated carbocycles. The van der Waals surface area contributed by atoms with Crippen molar-refractivity contribution in [3.63, 3.8) is 0 Å². The zero-order valence-electron chi connectivity index (χ0n) is 12.6. The standard InChI is InChI=1S/C18H24FN/c1-4-11-20-18(12-13(2)3)16-9-10-17(19)15-8-6-5-7-14(15)16/h5-10,13,18,20H,4,11-12H2,1-3H3. The van der Waals surface area contributed by atoms with Crippen LogP contribution in [0.4, 0.5) is 4.39 Å². The molecule has 0 aromatic heterocycles. The van der Waals surface area contributed by atoms with Gasteiger partial charge in [0.25, 0.3) is 0 Å². The second kappa shape index (κ2) is 6.85. The Balaban J connectivity index is 2.44. The van der Waals surface area contributed by atoms with Crippen LogP contribution in [-0.2, 0) is 0 Å². The maximum absolute atomic E-state index is 13.9. The van der Waals surface area contributed by atoms with E-state index in [1.807, 2.05) is 30.3 Å². The van der Waals surface area contributed by atoms with Crippen LogP contribution in [-0.4, -0.2) is 6.54 Å². The minimum atomic E-state index is -0.136. The van der Waals surface area contributed by atoms with Crippen molar-refractivity contribution in [1.29, 1.82) is 0 Å². The first-order valence-electron chi connectivity index (χ1n) is 7.54. The van der Waals surface area contributed by atoms with Crippen LogP contribution >= 0.6 is 0 Å². The van der Waals surface area contributed by atoms with E-state index in [0.29, 0.717) is 12.0 Å². The second-order valence-corrected chi connectivity index (χ2v) is 5.82. The monoisotopic (exact) mass is 273 g/mol. The van der Waals surface area contributed by atoms with Crippen LogP contribution in [0, 0.1) is 11.7 Å². The summed E-state index contributed by atoms with van der Waals surface area (Å²) in [4.78, 5) is 0. The molecule has 1 nitrogen and oxygen atoms in total. The third kappa shape index (κ3) is 3.37. The zero-order valence-corrected chi connectivity index (χ0v) is 12.6. The predicted octanol–water partition coefficient (Wildman–Crippen LogP) is 5.07. The molecule has 2 aromatic rings. The van der Waals surface area contributed by atoms with Crippen molar-refractivity contribution in [3.8, 4) is 0 Å². The van der Waals surface area contributed by atoms with Crippen LogP contribution in [0.5, 0.6) is 0 Å². The van der Waals surface area contributed by atoms with Crippen molar-refractivity contribution >= 4 is 10.8 Å². The number of hydrogen-bond acceptors (Lipinski definition) is 1. The lowest BCUT2D eigenvalue weighted by atomic mass is 9.92. The third-order valence-electron chi connectivity index (χ3n) is 3.63. The lowest BCUT2D eigenvalue weighted by molar-refractivity contribution is 0.432. The Hall–Kier alpha value is -1.41. The molecule has 0 amide bonds. The smallest absolute Gasteiger partial charge is 0.131 e. The summed E-state index contributed by atoms with van der Waals surface area (Å²) in [5.41, 5.74) is 1.21. The molecule has 0 aliphatic heterocycles. The zero-order chi connectivity index (χ0) is 14.5. The molecule has 108 valence electrons. The Bertz CT molecular complexity index is 562. The van der Waals surface area contributed by atoms with Gasteiger partial charge in [-0.2, -0.15) is 0 Å². The quantitative estimate of drug-likeness (QED) is 0.775. The number of fused-ring (bicyclic) bond motifs is 1. The summed E-state index contributed by atoms with van der Waals surface area (Å²) in [6, 6.07) is 11.6. The highest BCUT2D eigenvalue weighted by Crippen LogP contribution is 2.30. The number of hydrogen-bond donors (Lipinski definition) is 1. The molecule has 1 unspecified atom stereocenters. The maximum Gasteiger partial charge on any atom is 0.131 e. The van der Waals surface area contributed by atoms with E-state index in [-0.39, 0.29) is 5.82 Å². The van der Waals surface area contributed by atoms with Gasteiger partial charge < -0.3 is 5.32 Å². The largest absolute Gasteiger partial charge is 0.310 e. The number of halogens is 1. The van der Waals surface area contributed by atoms with Crippen molar-refractivity contribution in [2.45, 2.75) is 39.7 Å². The van der Waals surface area contributed by atoms with Gasteiger partial charge in [0.2, 0.25) is 0 Å². The topological polar surface area (TPSA) is 12.0 Å². The Kier molecular flexibility index (Phi) is 5.13. The van der Waals surface area contributed by atoms with Gasteiger partial charge in [-0.05, 0) is 42.3 Å². The lowest BCUT2D eigenvalue weighted by Gasteiger charge is -2.22. The minimum Gasteiger partial charge on any atom is -0.310 e. The molecule has 0 saturated heterocycles. The second-order valence-electron chi connectivity index (χ2n) is 5.82. The molecule has 0 bridgehead atoms. The third-order valence-corrected chi connectivity index (χ3v) is 3.63. The van der Waals surface area contributed by atoms with Crippen LogP contribution in [0.15, 0.2) is 36.4 Å². The maximum atomic E-state index is 13.9. The summed E-state index contributed by atoms with van der Waals surface area (Å²) in [5, 5.41) is 5.36. The molecular weight excluding hydrogens is 249 g/mol. The molecule has 0 radical (unpaired) electrons. The molecule has 2 aromatic carbocycles. The van der Waals surface area contributed by atoms with Gasteiger partial charge in [0.1, 0.15) is 5.82 Å². The summed E-state index contributed by atoms with van der Waals surface area (Å²) in [7, 11) is 0. The fourth-order valence-electron chi connectivity index (χ4n) is 2.70. The van der Waals surface area contributed by atoms with Gasteiger partial charge in [-0.25, -0.2) is 4.39 Å². The molecule has 0 heterocycles. The molecule has 0 fully saturated rings. The molecular formula is C18H24FN. The van der Waals surface area contributed by atoms with E-state index >= 15 is 0 Å². The first-order chi connectivity index (χ1) is 9.63. The molecule has 0 aliphatic rings. The van der Waals surface area contributed by atoms with Gasteiger partial charge in [-0.3, -0.25) is 0 Å². The first kappa shape index (κ1) is 15.0. The number of nitrogens with one attached hydrogen (secondary N) is 1. The van der Waals surface area contributed by atoms with Crippen LogP contribution in [0.25, 0.3) is 10.8 Å². The van der Waals surface area contributed by atoms with Gasteiger partial charge in [-0.15, -0.1) is 0 Å². The molecule has 2 heteroatoms. The highest BCUT2D eigenvalue weighted by molar-refractivity contribution is 5.86. The summed E-state index contributed by atoms with van der Waals surface area (Å²) < 4.78 is 13.9. The molecule has 1 atom stereocenters. The fraction of sp³-hybridized carbons (Fsp3) is 0.444. The Morgan fingerprint density at radius 2 is 1.75 bits per heavy atom. The van der Waals surface area contributed by atoms with Crippen LogP contribution in [0.2, 0.25) is 0 Å². The van der Waals surface area contributed by atoms with E-state index in [1.165, 1.54) is 5.56 Å². The lowest BCUT2D eigenvalue weighted by Crippen LogP contribution is -2.23. The summed E-state index contributed by atoms with van der Waals surface area (Å²) in [5.74, 6) is 0.469. The normalized spacial score (nSPS) is 13.1. The molecule has 1 N–H and O–H groups in total. The Morgan fingerprint density at radius 1 is 1.05 bits per heavy atom. The van der Waals surface area contributed by atoms with Crippen molar-refractivity contribution in [2.75, 3.05) is 6.54 Å². The van der Waals surface area contributed by atoms with E-state index < -0.39 is 0 Å². The minimum absolute atomic E-state index is 0.136. The van der Waals surface area contributed by atoms with Crippen molar-refractivity contribution in [3.05, 3.63) is 47.8 Å². The predicted molar refractivity (Wildman–Crippen MR) is 84.4 cm³/mol. The average Bonchev–Trinajstić information content (AvgIpc) is 2.44. The van der Waals surface area contributed by atoms with Crippen LogP contribution < -0.4 is 5.32 Å². The van der Waals surface area contributed by atoms with E-state index in [4.69, 9.17) is 0 Å². The van der Waals surface area contributed by atoms with Gasteiger partial charge in [0.15, 0.2) is 0 Å². The van der Waals surface area contributed by atoms with Crippen molar-refractivity contribution in [1.82, 2.24) is 5.32 Å². The van der Waals surface area contributed by atoms with Crippen LogP contribution in [0.1, 0.15) is 45.2 Å². The SMILES string of the molecule is CCCNC(CC(C)C)c1ccc(F)c2ccccc12. The summed E-state index contributed by atoms with van der Waals surface area (Å²) in [6.07, 6.45) is 2.17. The first-order valence-corrected chi connectivity index (χ1v) is 7.54. The number of benzene rings is 2. The van der Waals surface area contributed by atoms with Gasteiger partial charge in [0, 0.05) is 11.4 Å². The Labute approximate surface area is 121 Å². The van der Waals surface area contributed by atoms with Crippen LogP contribution in [0.3, 0.4) is 0 Å².